The smallest absolute Gasteiger partial charge is 0.251 e. The summed E-state index contributed by atoms with van der Waals surface area (Å²) in [6.45, 7) is 4.33. The van der Waals surface area contributed by atoms with Gasteiger partial charge in [-0.3, -0.25) is 9.59 Å². The highest BCUT2D eigenvalue weighted by atomic mass is 35.5. The summed E-state index contributed by atoms with van der Waals surface area (Å²) < 4.78 is 5.43. The molecular weight excluding hydrogens is 378 g/mol. The Morgan fingerprint density at radius 1 is 1.04 bits per heavy atom. The number of hydrogen-bond acceptors (Lipinski definition) is 4. The molecule has 1 saturated heterocycles. The second-order valence-corrected chi connectivity index (χ2v) is 7.12. The highest BCUT2D eigenvalue weighted by Gasteiger charge is 2.27. The first kappa shape index (κ1) is 20.0. The van der Waals surface area contributed by atoms with Gasteiger partial charge in [0.1, 0.15) is 11.8 Å². The molecule has 1 heterocycles. The molecule has 1 atom stereocenters. The number of para-hydroxylation sites is 2. The van der Waals surface area contributed by atoms with Gasteiger partial charge in [-0.25, -0.2) is 0 Å². The normalized spacial score (nSPS) is 15.1. The van der Waals surface area contributed by atoms with Crippen LogP contribution in [0.2, 0.25) is 5.02 Å². The Morgan fingerprint density at radius 2 is 1.68 bits per heavy atom. The number of amides is 2. The van der Waals surface area contributed by atoms with E-state index < -0.39 is 6.04 Å². The number of piperazine rings is 1. The maximum absolute atomic E-state index is 12.7. The van der Waals surface area contributed by atoms with Crippen LogP contribution in [0.1, 0.15) is 17.3 Å². The molecule has 1 aliphatic heterocycles. The lowest BCUT2D eigenvalue weighted by molar-refractivity contribution is -0.133. The summed E-state index contributed by atoms with van der Waals surface area (Å²) in [6, 6.07) is 13.9. The Balaban J connectivity index is 1.55. The average Bonchev–Trinajstić information content (AvgIpc) is 2.73. The first-order valence-corrected chi connectivity index (χ1v) is 9.60. The van der Waals surface area contributed by atoms with Crippen LogP contribution in [0.4, 0.5) is 5.69 Å². The zero-order chi connectivity index (χ0) is 20.1. The van der Waals surface area contributed by atoms with Gasteiger partial charge in [0.15, 0.2) is 0 Å². The predicted octanol–water partition coefficient (Wildman–Crippen LogP) is 2.82. The van der Waals surface area contributed by atoms with Gasteiger partial charge in [-0.1, -0.05) is 23.7 Å². The summed E-state index contributed by atoms with van der Waals surface area (Å²) in [5.41, 5.74) is 1.51. The van der Waals surface area contributed by atoms with Crippen LogP contribution in [-0.2, 0) is 4.79 Å². The molecule has 7 heteroatoms. The summed E-state index contributed by atoms with van der Waals surface area (Å²) in [5, 5.41) is 3.33. The van der Waals surface area contributed by atoms with Crippen LogP contribution < -0.4 is 15.0 Å². The second kappa shape index (κ2) is 8.97. The van der Waals surface area contributed by atoms with Gasteiger partial charge in [0, 0.05) is 36.8 Å². The molecule has 6 nitrogen and oxygen atoms in total. The number of nitrogens with one attached hydrogen (secondary N) is 1. The van der Waals surface area contributed by atoms with Gasteiger partial charge in [-0.2, -0.15) is 0 Å². The van der Waals surface area contributed by atoms with E-state index >= 15 is 0 Å². The molecule has 2 aromatic carbocycles. The number of carbonyl (C=O) groups excluding carboxylic acids is 2. The van der Waals surface area contributed by atoms with Crippen LogP contribution in [-0.4, -0.2) is 56.0 Å². The largest absolute Gasteiger partial charge is 0.495 e. The number of methoxy groups -OCH3 is 1. The van der Waals surface area contributed by atoms with E-state index in [4.69, 9.17) is 16.3 Å². The molecule has 148 valence electrons. The van der Waals surface area contributed by atoms with Crippen LogP contribution in [0.15, 0.2) is 48.5 Å². The number of rotatable bonds is 5. The molecule has 0 aliphatic carbocycles. The lowest BCUT2D eigenvalue weighted by Gasteiger charge is -2.37. The number of nitrogens with zero attached hydrogens (tertiary/aromatic N) is 2. The van der Waals surface area contributed by atoms with Crippen molar-refractivity contribution in [3.8, 4) is 5.75 Å². The lowest BCUT2D eigenvalue weighted by Crippen LogP contribution is -2.54. The third-order valence-corrected chi connectivity index (χ3v) is 5.09. The molecule has 1 N–H and O–H groups in total. The molecule has 1 aliphatic rings. The van der Waals surface area contributed by atoms with E-state index in [1.54, 1.807) is 43.2 Å². The van der Waals surface area contributed by atoms with E-state index in [1.165, 1.54) is 0 Å². The van der Waals surface area contributed by atoms with E-state index in [9.17, 15) is 9.59 Å². The van der Waals surface area contributed by atoms with Crippen molar-refractivity contribution >= 4 is 29.1 Å². The van der Waals surface area contributed by atoms with Crippen molar-refractivity contribution in [2.45, 2.75) is 13.0 Å². The molecule has 2 aromatic rings. The Morgan fingerprint density at radius 3 is 2.32 bits per heavy atom. The fourth-order valence-electron chi connectivity index (χ4n) is 3.28. The van der Waals surface area contributed by atoms with E-state index in [2.05, 4.69) is 10.2 Å². The second-order valence-electron chi connectivity index (χ2n) is 6.69. The lowest BCUT2D eigenvalue weighted by atomic mass is 10.1. The minimum absolute atomic E-state index is 0.0815. The third-order valence-electron chi connectivity index (χ3n) is 4.84. The first-order chi connectivity index (χ1) is 13.5. The van der Waals surface area contributed by atoms with Crippen molar-refractivity contribution in [3.05, 3.63) is 59.1 Å². The monoisotopic (exact) mass is 401 g/mol. The van der Waals surface area contributed by atoms with Gasteiger partial charge in [-0.15, -0.1) is 0 Å². The fraction of sp³-hybridized carbons (Fsp3) is 0.333. The van der Waals surface area contributed by atoms with E-state index in [0.717, 1.165) is 11.4 Å². The summed E-state index contributed by atoms with van der Waals surface area (Å²) >= 11 is 5.84. The molecule has 0 bridgehead atoms. The van der Waals surface area contributed by atoms with Gasteiger partial charge in [0.2, 0.25) is 5.91 Å². The van der Waals surface area contributed by atoms with Crippen molar-refractivity contribution in [2.24, 2.45) is 0 Å². The summed E-state index contributed by atoms with van der Waals surface area (Å²) in [6.07, 6.45) is 0. The third kappa shape index (κ3) is 4.57. The van der Waals surface area contributed by atoms with Crippen LogP contribution in [0.25, 0.3) is 0 Å². The molecule has 0 spiro atoms. The number of benzene rings is 2. The topological polar surface area (TPSA) is 61.9 Å². The van der Waals surface area contributed by atoms with Gasteiger partial charge >= 0.3 is 0 Å². The molecule has 3 rings (SSSR count). The highest BCUT2D eigenvalue weighted by molar-refractivity contribution is 6.30. The molecular formula is C21H24ClN3O3. The maximum atomic E-state index is 12.7. The Kier molecular flexibility index (Phi) is 6.41. The van der Waals surface area contributed by atoms with Gasteiger partial charge < -0.3 is 19.9 Å². The molecule has 0 unspecified atom stereocenters. The van der Waals surface area contributed by atoms with Crippen LogP contribution >= 0.6 is 11.6 Å². The standard InChI is InChI=1S/C21H24ClN3O3/c1-15(23-20(26)16-7-9-17(22)10-8-16)21(27)25-13-11-24(12-14-25)18-5-3-4-6-19(18)28-2/h3-10,15H,11-14H2,1-2H3,(H,23,26)/t15-/m1/s1. The van der Waals surface area contributed by atoms with Gasteiger partial charge in [-0.05, 0) is 43.3 Å². The minimum atomic E-state index is -0.596. The van der Waals surface area contributed by atoms with E-state index in [-0.39, 0.29) is 11.8 Å². The van der Waals surface area contributed by atoms with Gasteiger partial charge in [0.05, 0.1) is 12.8 Å². The highest BCUT2D eigenvalue weighted by Crippen LogP contribution is 2.28. The van der Waals surface area contributed by atoms with Crippen LogP contribution in [0, 0.1) is 0 Å². The van der Waals surface area contributed by atoms with E-state index in [0.29, 0.717) is 36.8 Å². The van der Waals surface area contributed by atoms with Crippen molar-refractivity contribution in [3.63, 3.8) is 0 Å². The first-order valence-electron chi connectivity index (χ1n) is 9.23. The Hall–Kier alpha value is -2.73. The number of ether oxygens (including phenoxy) is 1. The summed E-state index contributed by atoms with van der Waals surface area (Å²) in [5.74, 6) is 0.457. The molecule has 0 saturated carbocycles. The number of carbonyl (C=O) groups is 2. The Bertz CT molecular complexity index is 833. The summed E-state index contributed by atoms with van der Waals surface area (Å²) in [4.78, 5) is 29.0. The molecule has 28 heavy (non-hydrogen) atoms. The number of halogens is 1. The predicted molar refractivity (Wildman–Crippen MR) is 110 cm³/mol. The fourth-order valence-corrected chi connectivity index (χ4v) is 3.40. The molecule has 0 radical (unpaired) electrons. The molecule has 2 amide bonds. The van der Waals surface area contributed by atoms with Crippen LogP contribution in [0.5, 0.6) is 5.75 Å². The SMILES string of the molecule is COc1ccccc1N1CCN(C(=O)[C@@H](C)NC(=O)c2ccc(Cl)cc2)CC1. The van der Waals surface area contributed by atoms with Crippen LogP contribution in [0.3, 0.4) is 0 Å². The summed E-state index contributed by atoms with van der Waals surface area (Å²) in [7, 11) is 1.66. The zero-order valence-electron chi connectivity index (χ0n) is 16.0. The molecule has 0 aromatic heterocycles. The average molecular weight is 402 g/mol. The van der Waals surface area contributed by atoms with Crippen molar-refractivity contribution in [2.75, 3.05) is 38.2 Å². The van der Waals surface area contributed by atoms with Crippen molar-refractivity contribution in [1.29, 1.82) is 0 Å². The molecule has 1 fully saturated rings. The maximum Gasteiger partial charge on any atom is 0.251 e. The Labute approximate surface area is 170 Å². The van der Waals surface area contributed by atoms with Gasteiger partial charge in [0.25, 0.3) is 5.91 Å². The van der Waals surface area contributed by atoms with Crippen molar-refractivity contribution in [1.82, 2.24) is 10.2 Å². The number of anilines is 1. The van der Waals surface area contributed by atoms with E-state index in [1.807, 2.05) is 24.3 Å². The minimum Gasteiger partial charge on any atom is -0.495 e. The number of hydrogen-bond donors (Lipinski definition) is 1. The quantitative estimate of drug-likeness (QED) is 0.836. The zero-order valence-corrected chi connectivity index (χ0v) is 16.8. The van der Waals surface area contributed by atoms with Crippen molar-refractivity contribution < 1.29 is 14.3 Å².